The van der Waals surface area contributed by atoms with Gasteiger partial charge in [-0.1, -0.05) is 6.92 Å². The van der Waals surface area contributed by atoms with E-state index in [1.165, 1.54) is 26.2 Å². The number of carboxylic acids is 1. The zero-order chi connectivity index (χ0) is 16.2. The van der Waals surface area contributed by atoms with E-state index in [1.54, 1.807) is 6.92 Å². The number of hydrogen-bond donors (Lipinski definition) is 2. The number of hydrogen-bond acceptors (Lipinski definition) is 5. The average molecular weight is 296 g/mol. The third kappa shape index (κ3) is 3.47. The monoisotopic (exact) mass is 296 g/mol. The van der Waals surface area contributed by atoms with Crippen LogP contribution in [0, 0.1) is 10.1 Å². The Kier molecular flexibility index (Phi) is 4.85. The summed E-state index contributed by atoms with van der Waals surface area (Å²) in [7, 11) is 1.31. The number of rotatable bonds is 6. The molecule has 0 fully saturated rings. The number of carbonyl (C=O) groups excluding carboxylic acids is 1. The maximum atomic E-state index is 12.2. The number of carboxylic acid groups (broad SMARTS) is 1. The molecule has 1 amide bonds. The van der Waals surface area contributed by atoms with Crippen molar-refractivity contribution < 1.29 is 24.4 Å². The number of nitro benzene ring substituents is 1. The molecule has 1 aromatic carbocycles. The Morgan fingerprint density at radius 3 is 2.52 bits per heavy atom. The highest BCUT2D eigenvalue weighted by Crippen LogP contribution is 2.24. The Bertz CT molecular complexity index is 586. The standard InChI is InChI=1S/C13H16N2O6/c1-4-13(2,12(17)18)14-11(16)9-7-8(15(19)20)5-6-10(9)21-3/h5-7H,4H2,1-3H3,(H,14,16)(H,17,18). The van der Waals surface area contributed by atoms with Gasteiger partial charge in [0.15, 0.2) is 0 Å². The summed E-state index contributed by atoms with van der Waals surface area (Å²) in [5, 5.41) is 22.3. The molecule has 1 atom stereocenters. The van der Waals surface area contributed by atoms with Crippen LogP contribution in [0.1, 0.15) is 30.6 Å². The van der Waals surface area contributed by atoms with Crippen LogP contribution in [0.4, 0.5) is 5.69 Å². The van der Waals surface area contributed by atoms with Gasteiger partial charge < -0.3 is 15.2 Å². The first-order chi connectivity index (χ1) is 9.75. The van der Waals surface area contributed by atoms with E-state index >= 15 is 0 Å². The first kappa shape index (κ1) is 16.4. The number of amides is 1. The van der Waals surface area contributed by atoms with Gasteiger partial charge in [0.1, 0.15) is 11.3 Å². The number of methoxy groups -OCH3 is 1. The summed E-state index contributed by atoms with van der Waals surface area (Å²) in [5.41, 5.74) is -1.84. The second kappa shape index (κ2) is 6.21. The Labute approximate surface area is 120 Å². The van der Waals surface area contributed by atoms with E-state index in [0.717, 1.165) is 6.07 Å². The molecule has 0 saturated carbocycles. The lowest BCUT2D eigenvalue weighted by molar-refractivity contribution is -0.384. The Hall–Kier alpha value is -2.64. The molecule has 1 aromatic rings. The van der Waals surface area contributed by atoms with Crippen molar-refractivity contribution in [2.75, 3.05) is 7.11 Å². The molecule has 0 aromatic heterocycles. The van der Waals surface area contributed by atoms with E-state index in [0.29, 0.717) is 0 Å². The summed E-state index contributed by atoms with van der Waals surface area (Å²) >= 11 is 0. The van der Waals surface area contributed by atoms with Gasteiger partial charge >= 0.3 is 5.97 Å². The minimum atomic E-state index is -1.47. The van der Waals surface area contributed by atoms with E-state index in [1.807, 2.05) is 0 Å². The van der Waals surface area contributed by atoms with Crippen molar-refractivity contribution in [1.29, 1.82) is 0 Å². The lowest BCUT2D eigenvalue weighted by Gasteiger charge is -2.24. The van der Waals surface area contributed by atoms with Crippen LogP contribution in [0.5, 0.6) is 5.75 Å². The van der Waals surface area contributed by atoms with Gasteiger partial charge in [-0.3, -0.25) is 14.9 Å². The first-order valence-electron chi connectivity index (χ1n) is 6.13. The maximum absolute atomic E-state index is 12.2. The number of non-ortho nitro benzene ring substituents is 1. The fraction of sp³-hybridized carbons (Fsp3) is 0.385. The normalized spacial score (nSPS) is 13.1. The van der Waals surface area contributed by atoms with Crippen molar-refractivity contribution in [3.8, 4) is 5.75 Å². The van der Waals surface area contributed by atoms with Gasteiger partial charge in [-0.05, 0) is 19.4 Å². The maximum Gasteiger partial charge on any atom is 0.329 e. The highest BCUT2D eigenvalue weighted by atomic mass is 16.6. The van der Waals surface area contributed by atoms with Crippen molar-refractivity contribution in [3.05, 3.63) is 33.9 Å². The molecule has 8 heteroatoms. The molecule has 0 saturated heterocycles. The average Bonchev–Trinajstić information content (AvgIpc) is 2.45. The van der Waals surface area contributed by atoms with Crippen LogP contribution in [0.3, 0.4) is 0 Å². The second-order valence-corrected chi connectivity index (χ2v) is 4.59. The van der Waals surface area contributed by atoms with Crippen LogP contribution in [0.25, 0.3) is 0 Å². The molecule has 0 aliphatic carbocycles. The summed E-state index contributed by atoms with van der Waals surface area (Å²) in [4.78, 5) is 33.5. The van der Waals surface area contributed by atoms with Gasteiger partial charge in [-0.25, -0.2) is 4.79 Å². The third-order valence-corrected chi connectivity index (χ3v) is 3.21. The van der Waals surface area contributed by atoms with E-state index in [4.69, 9.17) is 9.84 Å². The van der Waals surface area contributed by atoms with Crippen LogP contribution in [-0.4, -0.2) is 34.6 Å². The van der Waals surface area contributed by atoms with E-state index in [2.05, 4.69) is 5.32 Å². The molecule has 0 aliphatic heterocycles. The van der Waals surface area contributed by atoms with E-state index in [9.17, 15) is 19.7 Å². The second-order valence-electron chi connectivity index (χ2n) is 4.59. The van der Waals surface area contributed by atoms with E-state index < -0.39 is 22.3 Å². The Morgan fingerprint density at radius 2 is 2.10 bits per heavy atom. The topological polar surface area (TPSA) is 119 Å². The van der Waals surface area contributed by atoms with Gasteiger partial charge in [0.2, 0.25) is 0 Å². The molecule has 21 heavy (non-hydrogen) atoms. The van der Waals surface area contributed by atoms with Gasteiger partial charge in [0, 0.05) is 12.1 Å². The smallest absolute Gasteiger partial charge is 0.329 e. The lowest BCUT2D eigenvalue weighted by atomic mass is 9.98. The number of carbonyl (C=O) groups is 2. The molecule has 0 heterocycles. The molecule has 1 unspecified atom stereocenters. The highest BCUT2D eigenvalue weighted by Gasteiger charge is 2.34. The van der Waals surface area contributed by atoms with Gasteiger partial charge in [-0.2, -0.15) is 0 Å². The van der Waals surface area contributed by atoms with Gasteiger partial charge in [-0.15, -0.1) is 0 Å². The fourth-order valence-electron chi connectivity index (χ4n) is 1.60. The summed E-state index contributed by atoms with van der Waals surface area (Å²) in [6.07, 6.45) is 0.158. The van der Waals surface area contributed by atoms with Gasteiger partial charge in [0.05, 0.1) is 17.6 Å². The zero-order valence-electron chi connectivity index (χ0n) is 11.9. The lowest BCUT2D eigenvalue weighted by Crippen LogP contribution is -2.51. The van der Waals surface area contributed by atoms with E-state index in [-0.39, 0.29) is 23.4 Å². The van der Waals surface area contributed by atoms with Crippen molar-refractivity contribution in [2.45, 2.75) is 25.8 Å². The van der Waals surface area contributed by atoms with Crippen LogP contribution in [-0.2, 0) is 4.79 Å². The molecule has 114 valence electrons. The van der Waals surface area contributed by atoms with Gasteiger partial charge in [0.25, 0.3) is 11.6 Å². The molecular weight excluding hydrogens is 280 g/mol. The largest absolute Gasteiger partial charge is 0.496 e. The van der Waals surface area contributed by atoms with Crippen LogP contribution in [0.2, 0.25) is 0 Å². The SMILES string of the molecule is CCC(C)(NC(=O)c1cc([N+](=O)[O-])ccc1OC)C(=O)O. The molecular formula is C13H16N2O6. The zero-order valence-corrected chi connectivity index (χ0v) is 11.9. The minimum Gasteiger partial charge on any atom is -0.496 e. The molecule has 0 aliphatic rings. The third-order valence-electron chi connectivity index (χ3n) is 3.21. The summed E-state index contributed by atoms with van der Waals surface area (Å²) in [5.74, 6) is -1.81. The highest BCUT2D eigenvalue weighted by molar-refractivity contribution is 6.00. The molecule has 0 bridgehead atoms. The molecule has 0 radical (unpaired) electrons. The fourth-order valence-corrected chi connectivity index (χ4v) is 1.60. The molecule has 8 nitrogen and oxygen atoms in total. The first-order valence-corrected chi connectivity index (χ1v) is 6.13. The molecule has 0 spiro atoms. The number of ether oxygens (including phenoxy) is 1. The predicted octanol–water partition coefficient (Wildman–Crippen LogP) is 1.59. The minimum absolute atomic E-state index is 0.0902. The van der Waals surface area contributed by atoms with Crippen LogP contribution in [0.15, 0.2) is 18.2 Å². The number of benzene rings is 1. The number of aliphatic carboxylic acids is 1. The molecule has 2 N–H and O–H groups in total. The number of nitrogens with zero attached hydrogens (tertiary/aromatic N) is 1. The van der Waals surface area contributed by atoms with Crippen LogP contribution < -0.4 is 10.1 Å². The summed E-state index contributed by atoms with van der Waals surface area (Å²) < 4.78 is 4.98. The summed E-state index contributed by atoms with van der Waals surface area (Å²) in [6, 6.07) is 3.54. The number of nitro groups is 1. The van der Waals surface area contributed by atoms with Crippen molar-refractivity contribution in [1.82, 2.24) is 5.32 Å². The quantitative estimate of drug-likeness (QED) is 0.607. The Morgan fingerprint density at radius 1 is 1.48 bits per heavy atom. The van der Waals surface area contributed by atoms with Crippen LogP contribution >= 0.6 is 0 Å². The summed E-state index contributed by atoms with van der Waals surface area (Å²) in [6.45, 7) is 2.97. The van der Waals surface area contributed by atoms with Crippen molar-refractivity contribution >= 4 is 17.6 Å². The van der Waals surface area contributed by atoms with Crippen molar-refractivity contribution in [3.63, 3.8) is 0 Å². The Balaban J connectivity index is 3.19. The molecule has 1 rings (SSSR count). The van der Waals surface area contributed by atoms with Crippen molar-refractivity contribution in [2.24, 2.45) is 0 Å². The predicted molar refractivity (Wildman–Crippen MR) is 73.4 cm³/mol. The number of nitrogens with one attached hydrogen (secondary N) is 1.